The smallest absolute Gasteiger partial charge is 0.256 e. The summed E-state index contributed by atoms with van der Waals surface area (Å²) in [5.41, 5.74) is 8.04. The molecule has 0 unspecified atom stereocenters. The minimum atomic E-state index is 0.0306. The molecular formula is C14H18N2O. The molecule has 0 bridgehead atoms. The van der Waals surface area contributed by atoms with Crippen molar-refractivity contribution in [1.82, 2.24) is 4.90 Å². The summed E-state index contributed by atoms with van der Waals surface area (Å²) in [6.45, 7) is 6.22. The Bertz CT molecular complexity index is 429. The third kappa shape index (κ3) is 2.33. The molecule has 1 aromatic carbocycles. The summed E-state index contributed by atoms with van der Waals surface area (Å²) in [4.78, 5) is 14.3. The second-order valence-electron chi connectivity index (χ2n) is 4.52. The van der Waals surface area contributed by atoms with E-state index in [2.05, 4.69) is 6.58 Å². The average Bonchev–Trinajstić information content (AvgIpc) is 3.09. The maximum atomic E-state index is 12.5. The van der Waals surface area contributed by atoms with E-state index >= 15 is 0 Å². The Hall–Kier alpha value is -1.77. The van der Waals surface area contributed by atoms with Crippen LogP contribution < -0.4 is 5.73 Å². The Morgan fingerprint density at radius 2 is 2.29 bits per heavy atom. The molecule has 0 radical (unpaired) electrons. The van der Waals surface area contributed by atoms with Crippen LogP contribution in [0.2, 0.25) is 0 Å². The molecule has 0 aliphatic heterocycles. The number of nitrogen functional groups attached to an aromatic ring is 1. The molecule has 17 heavy (non-hydrogen) atoms. The van der Waals surface area contributed by atoms with Crippen LogP contribution in [0, 0.1) is 6.92 Å². The summed E-state index contributed by atoms with van der Waals surface area (Å²) >= 11 is 0. The maximum Gasteiger partial charge on any atom is 0.256 e. The number of hydrogen-bond acceptors (Lipinski definition) is 2. The largest absolute Gasteiger partial charge is 0.398 e. The molecule has 0 saturated heterocycles. The topological polar surface area (TPSA) is 46.3 Å². The number of nitrogens with two attached hydrogens (primary N) is 1. The van der Waals surface area contributed by atoms with Crippen molar-refractivity contribution >= 4 is 11.6 Å². The summed E-state index contributed by atoms with van der Waals surface area (Å²) in [5.74, 6) is 0.0306. The van der Waals surface area contributed by atoms with Gasteiger partial charge < -0.3 is 10.6 Å². The Balaban J connectivity index is 2.31. The van der Waals surface area contributed by atoms with Crippen LogP contribution in [-0.2, 0) is 0 Å². The van der Waals surface area contributed by atoms with Crippen molar-refractivity contribution in [2.75, 3.05) is 12.3 Å². The zero-order chi connectivity index (χ0) is 12.4. The number of amides is 1. The lowest BCUT2D eigenvalue weighted by molar-refractivity contribution is 0.0763. The predicted molar refractivity (Wildman–Crippen MR) is 69.8 cm³/mol. The van der Waals surface area contributed by atoms with Crippen LogP contribution in [0.25, 0.3) is 0 Å². The zero-order valence-corrected chi connectivity index (χ0v) is 10.1. The molecule has 1 aliphatic rings. The summed E-state index contributed by atoms with van der Waals surface area (Å²) < 4.78 is 0. The highest BCUT2D eigenvalue weighted by molar-refractivity contribution is 6.00. The lowest BCUT2D eigenvalue weighted by atomic mass is 10.1. The van der Waals surface area contributed by atoms with Gasteiger partial charge in [-0.25, -0.2) is 0 Å². The number of carbonyl (C=O) groups is 1. The van der Waals surface area contributed by atoms with Gasteiger partial charge in [0.2, 0.25) is 0 Å². The fourth-order valence-electron chi connectivity index (χ4n) is 2.05. The highest BCUT2D eigenvalue weighted by Crippen LogP contribution is 2.30. The number of anilines is 1. The van der Waals surface area contributed by atoms with Gasteiger partial charge in [0.05, 0.1) is 5.56 Å². The first-order valence-corrected chi connectivity index (χ1v) is 5.92. The van der Waals surface area contributed by atoms with Crippen LogP contribution in [-0.4, -0.2) is 23.4 Å². The maximum absolute atomic E-state index is 12.5. The molecule has 2 rings (SSSR count). The second kappa shape index (κ2) is 4.62. The van der Waals surface area contributed by atoms with Crippen molar-refractivity contribution < 1.29 is 4.79 Å². The normalized spacial score (nSPS) is 14.4. The van der Waals surface area contributed by atoms with Gasteiger partial charge in [0.15, 0.2) is 0 Å². The van der Waals surface area contributed by atoms with Gasteiger partial charge in [-0.2, -0.15) is 0 Å². The lowest BCUT2D eigenvalue weighted by Gasteiger charge is -2.22. The van der Waals surface area contributed by atoms with E-state index in [1.807, 2.05) is 24.0 Å². The number of benzene rings is 1. The SMILES string of the molecule is C=CCN(C(=O)c1c(C)cccc1N)C1CC1. The first-order chi connectivity index (χ1) is 8.15. The molecule has 1 fully saturated rings. The summed E-state index contributed by atoms with van der Waals surface area (Å²) in [7, 11) is 0. The number of carbonyl (C=O) groups excluding carboxylic acids is 1. The number of rotatable bonds is 4. The van der Waals surface area contributed by atoms with Crippen molar-refractivity contribution in [3.05, 3.63) is 42.0 Å². The predicted octanol–water partition coefficient (Wildman–Crippen LogP) is 2.37. The lowest BCUT2D eigenvalue weighted by Crippen LogP contribution is -2.34. The molecule has 1 aliphatic carbocycles. The van der Waals surface area contributed by atoms with E-state index in [0.717, 1.165) is 18.4 Å². The Labute approximate surface area is 102 Å². The fraction of sp³-hybridized carbons (Fsp3) is 0.357. The van der Waals surface area contributed by atoms with Crippen LogP contribution in [0.5, 0.6) is 0 Å². The van der Waals surface area contributed by atoms with E-state index in [-0.39, 0.29) is 5.91 Å². The van der Waals surface area contributed by atoms with Gasteiger partial charge in [-0.3, -0.25) is 4.79 Å². The quantitative estimate of drug-likeness (QED) is 0.637. The highest BCUT2D eigenvalue weighted by Gasteiger charge is 2.33. The molecule has 0 heterocycles. The molecule has 1 aromatic rings. The Morgan fingerprint density at radius 1 is 1.59 bits per heavy atom. The molecule has 3 nitrogen and oxygen atoms in total. The van der Waals surface area contributed by atoms with E-state index < -0.39 is 0 Å². The van der Waals surface area contributed by atoms with Crippen molar-refractivity contribution in [3.8, 4) is 0 Å². The van der Waals surface area contributed by atoms with Crippen molar-refractivity contribution in [3.63, 3.8) is 0 Å². The number of hydrogen-bond donors (Lipinski definition) is 1. The van der Waals surface area contributed by atoms with E-state index in [4.69, 9.17) is 5.73 Å². The number of aryl methyl sites for hydroxylation is 1. The van der Waals surface area contributed by atoms with Gasteiger partial charge >= 0.3 is 0 Å². The summed E-state index contributed by atoms with van der Waals surface area (Å²) in [6.07, 6.45) is 3.95. The van der Waals surface area contributed by atoms with E-state index in [1.165, 1.54) is 0 Å². The third-order valence-corrected chi connectivity index (χ3v) is 3.09. The molecule has 2 N–H and O–H groups in total. The first-order valence-electron chi connectivity index (χ1n) is 5.92. The second-order valence-corrected chi connectivity index (χ2v) is 4.52. The van der Waals surface area contributed by atoms with Crippen LogP contribution in [0.1, 0.15) is 28.8 Å². The van der Waals surface area contributed by atoms with Gasteiger partial charge in [0.1, 0.15) is 0 Å². The van der Waals surface area contributed by atoms with Gasteiger partial charge in [-0.1, -0.05) is 18.2 Å². The van der Waals surface area contributed by atoms with Crippen LogP contribution in [0.3, 0.4) is 0 Å². The summed E-state index contributed by atoms with van der Waals surface area (Å²) in [6, 6.07) is 5.94. The highest BCUT2D eigenvalue weighted by atomic mass is 16.2. The average molecular weight is 230 g/mol. The number of nitrogens with zero attached hydrogens (tertiary/aromatic N) is 1. The van der Waals surface area contributed by atoms with E-state index in [1.54, 1.807) is 12.1 Å². The van der Waals surface area contributed by atoms with E-state index in [9.17, 15) is 4.79 Å². The van der Waals surface area contributed by atoms with Crippen molar-refractivity contribution in [2.45, 2.75) is 25.8 Å². The minimum Gasteiger partial charge on any atom is -0.398 e. The van der Waals surface area contributed by atoms with Gasteiger partial charge in [0.25, 0.3) is 5.91 Å². The van der Waals surface area contributed by atoms with E-state index in [0.29, 0.717) is 23.8 Å². The standard InChI is InChI=1S/C14H18N2O/c1-3-9-16(11-7-8-11)14(17)13-10(2)5-4-6-12(13)15/h3-6,11H,1,7-9,15H2,2H3. The molecule has 0 spiro atoms. The van der Waals surface area contributed by atoms with Crippen LogP contribution in [0.4, 0.5) is 5.69 Å². The molecule has 0 aromatic heterocycles. The molecule has 1 amide bonds. The monoisotopic (exact) mass is 230 g/mol. The van der Waals surface area contributed by atoms with Crippen LogP contribution in [0.15, 0.2) is 30.9 Å². The Kier molecular flexibility index (Phi) is 3.18. The zero-order valence-electron chi connectivity index (χ0n) is 10.1. The molecular weight excluding hydrogens is 212 g/mol. The first kappa shape index (κ1) is 11.7. The molecule has 1 saturated carbocycles. The van der Waals surface area contributed by atoms with Gasteiger partial charge in [-0.05, 0) is 31.4 Å². The molecule has 0 atom stereocenters. The third-order valence-electron chi connectivity index (χ3n) is 3.09. The Morgan fingerprint density at radius 3 is 2.82 bits per heavy atom. The molecule has 3 heteroatoms. The van der Waals surface area contributed by atoms with Gasteiger partial charge in [-0.15, -0.1) is 6.58 Å². The van der Waals surface area contributed by atoms with Crippen LogP contribution >= 0.6 is 0 Å². The summed E-state index contributed by atoms with van der Waals surface area (Å²) in [5, 5.41) is 0. The minimum absolute atomic E-state index is 0.0306. The molecule has 90 valence electrons. The fourth-order valence-corrected chi connectivity index (χ4v) is 2.05. The van der Waals surface area contributed by atoms with Crippen molar-refractivity contribution in [2.24, 2.45) is 0 Å². The van der Waals surface area contributed by atoms with Crippen molar-refractivity contribution in [1.29, 1.82) is 0 Å². The van der Waals surface area contributed by atoms with Gasteiger partial charge in [0, 0.05) is 18.3 Å².